The third kappa shape index (κ3) is 9.16. The number of rotatable bonds is 13. The summed E-state index contributed by atoms with van der Waals surface area (Å²) in [5.41, 5.74) is 7.15. The fraction of sp³-hybridized carbons (Fsp3) is 0.292. The number of ether oxygens (including phenoxy) is 1. The van der Waals surface area contributed by atoms with Gasteiger partial charge >= 0.3 is 5.97 Å². The van der Waals surface area contributed by atoms with E-state index in [1.54, 1.807) is 19.2 Å². The van der Waals surface area contributed by atoms with Crippen LogP contribution in [-0.4, -0.2) is 60.9 Å². The lowest BCUT2D eigenvalue weighted by Crippen LogP contribution is -2.45. The van der Waals surface area contributed by atoms with Crippen molar-refractivity contribution in [1.29, 1.82) is 5.41 Å². The zero-order chi connectivity index (χ0) is 25.8. The van der Waals surface area contributed by atoms with Gasteiger partial charge in [0.1, 0.15) is 17.6 Å². The van der Waals surface area contributed by atoms with Crippen molar-refractivity contribution < 1.29 is 29.0 Å². The Morgan fingerprint density at radius 3 is 2.14 bits per heavy atom. The summed E-state index contributed by atoms with van der Waals surface area (Å²) in [4.78, 5) is 47.9. The Hall–Kier alpha value is -4.41. The maximum absolute atomic E-state index is 12.1. The van der Waals surface area contributed by atoms with Crippen LogP contribution in [0.3, 0.4) is 0 Å². The van der Waals surface area contributed by atoms with Crippen molar-refractivity contribution in [3.8, 4) is 5.75 Å². The van der Waals surface area contributed by atoms with Gasteiger partial charge in [0.05, 0.1) is 13.5 Å². The van der Waals surface area contributed by atoms with Crippen LogP contribution in [0.5, 0.6) is 5.75 Å². The lowest BCUT2D eigenvalue weighted by molar-refractivity contribution is -0.143. The number of nitrogens with two attached hydrogens (primary N) is 1. The minimum Gasteiger partial charge on any atom is -0.497 e. The molecular weight excluding hydrogens is 454 g/mol. The van der Waals surface area contributed by atoms with Crippen LogP contribution in [-0.2, 0) is 20.8 Å². The average molecular weight is 484 g/mol. The predicted octanol–water partition coefficient (Wildman–Crippen LogP) is 0.418. The summed E-state index contributed by atoms with van der Waals surface area (Å²) in [5, 5.41) is 24.2. The van der Waals surface area contributed by atoms with E-state index in [0.717, 1.165) is 11.3 Å². The monoisotopic (exact) mass is 483 g/mol. The van der Waals surface area contributed by atoms with Crippen LogP contribution < -0.4 is 26.4 Å². The number of methoxy groups -OCH3 is 1. The van der Waals surface area contributed by atoms with Crippen LogP contribution in [0, 0.1) is 5.41 Å². The third-order valence-electron chi connectivity index (χ3n) is 5.01. The molecule has 7 N–H and O–H groups in total. The highest BCUT2D eigenvalue weighted by atomic mass is 16.5. The van der Waals surface area contributed by atoms with Crippen molar-refractivity contribution in [1.82, 2.24) is 16.0 Å². The van der Waals surface area contributed by atoms with Gasteiger partial charge in [0.25, 0.3) is 5.91 Å². The molecule has 186 valence electrons. The van der Waals surface area contributed by atoms with E-state index < -0.39 is 36.2 Å². The summed E-state index contributed by atoms with van der Waals surface area (Å²) < 4.78 is 5.09. The number of amidine groups is 1. The smallest absolute Gasteiger partial charge is 0.326 e. The first-order valence-corrected chi connectivity index (χ1v) is 10.8. The first-order chi connectivity index (χ1) is 16.7. The Balaban J connectivity index is 1.73. The fourth-order valence-corrected chi connectivity index (χ4v) is 3.06. The van der Waals surface area contributed by atoms with Gasteiger partial charge in [0.2, 0.25) is 11.8 Å². The summed E-state index contributed by atoms with van der Waals surface area (Å²) in [6.07, 6.45) is -0.0321. The van der Waals surface area contributed by atoms with Crippen molar-refractivity contribution in [3.05, 3.63) is 65.2 Å². The van der Waals surface area contributed by atoms with Gasteiger partial charge in [-0.1, -0.05) is 24.3 Å². The highest BCUT2D eigenvalue weighted by molar-refractivity contribution is 5.98. The number of carboxylic acid groups (broad SMARTS) is 1. The standard InChI is InChI=1S/C24H29N5O6/c1-35-18-8-2-15(3-9-18)10-12-27-21(31)14-19(24(33)34)29-20(30)11-13-28-23(32)17-6-4-16(5-7-17)22(25)26/h2-9,19H,10-14H2,1H3,(H3,25,26)(H,27,31)(H,28,32)(H,29,30)(H,33,34). The van der Waals surface area contributed by atoms with E-state index in [4.69, 9.17) is 15.9 Å². The summed E-state index contributed by atoms with van der Waals surface area (Å²) in [6, 6.07) is 12.0. The molecule has 0 saturated carbocycles. The largest absolute Gasteiger partial charge is 0.497 e. The van der Waals surface area contributed by atoms with Crippen LogP contribution in [0.1, 0.15) is 34.3 Å². The summed E-state index contributed by atoms with van der Waals surface area (Å²) in [5.74, 6) is -2.28. The van der Waals surface area contributed by atoms with Crippen LogP contribution in [0.15, 0.2) is 48.5 Å². The number of amides is 3. The van der Waals surface area contributed by atoms with Crippen LogP contribution in [0.2, 0.25) is 0 Å². The van der Waals surface area contributed by atoms with Gasteiger partial charge in [0.15, 0.2) is 0 Å². The predicted molar refractivity (Wildman–Crippen MR) is 128 cm³/mol. The number of hydrogen-bond donors (Lipinski definition) is 6. The molecule has 2 aromatic carbocycles. The van der Waals surface area contributed by atoms with Gasteiger partial charge in [-0.15, -0.1) is 0 Å². The molecule has 1 atom stereocenters. The van der Waals surface area contributed by atoms with Crippen LogP contribution in [0.4, 0.5) is 0 Å². The van der Waals surface area contributed by atoms with Crippen LogP contribution in [0.25, 0.3) is 0 Å². The number of nitrogens with one attached hydrogen (secondary N) is 4. The molecule has 11 nitrogen and oxygen atoms in total. The molecule has 0 aromatic heterocycles. The van der Waals surface area contributed by atoms with Gasteiger partial charge in [-0.3, -0.25) is 19.8 Å². The van der Waals surface area contributed by atoms with Gasteiger partial charge < -0.3 is 31.5 Å². The zero-order valence-corrected chi connectivity index (χ0v) is 19.3. The lowest BCUT2D eigenvalue weighted by atomic mass is 10.1. The summed E-state index contributed by atoms with van der Waals surface area (Å²) >= 11 is 0. The molecule has 2 aromatic rings. The van der Waals surface area contributed by atoms with Gasteiger partial charge in [0, 0.05) is 30.6 Å². The molecule has 0 bridgehead atoms. The molecule has 0 radical (unpaired) electrons. The van der Waals surface area contributed by atoms with E-state index in [1.807, 2.05) is 12.1 Å². The molecule has 0 heterocycles. The molecular formula is C24H29N5O6. The normalized spacial score (nSPS) is 11.1. The molecule has 3 amide bonds. The van der Waals surface area contributed by atoms with E-state index >= 15 is 0 Å². The molecule has 0 aliphatic rings. The van der Waals surface area contributed by atoms with Gasteiger partial charge in [-0.2, -0.15) is 0 Å². The second-order valence-electron chi connectivity index (χ2n) is 7.61. The van der Waals surface area contributed by atoms with E-state index in [1.165, 1.54) is 24.3 Å². The average Bonchev–Trinajstić information content (AvgIpc) is 2.84. The number of carbonyl (C=O) groups is 4. The van der Waals surface area contributed by atoms with Gasteiger partial charge in [-0.25, -0.2) is 4.79 Å². The third-order valence-corrected chi connectivity index (χ3v) is 5.01. The number of carboxylic acids is 1. The van der Waals surface area contributed by atoms with E-state index in [2.05, 4.69) is 16.0 Å². The molecule has 1 unspecified atom stereocenters. The van der Waals surface area contributed by atoms with Crippen molar-refractivity contribution in [2.45, 2.75) is 25.3 Å². The number of aliphatic carboxylic acids is 1. The van der Waals surface area contributed by atoms with E-state index in [-0.39, 0.29) is 18.8 Å². The second-order valence-corrected chi connectivity index (χ2v) is 7.61. The second kappa shape index (κ2) is 13.3. The van der Waals surface area contributed by atoms with Crippen molar-refractivity contribution >= 4 is 29.5 Å². The molecule has 11 heteroatoms. The lowest BCUT2D eigenvalue weighted by Gasteiger charge is -2.15. The molecule has 0 aliphatic carbocycles. The topological polar surface area (TPSA) is 184 Å². The van der Waals surface area contributed by atoms with Crippen molar-refractivity contribution in [2.24, 2.45) is 5.73 Å². The van der Waals surface area contributed by atoms with Gasteiger partial charge in [-0.05, 0) is 36.2 Å². The quantitative estimate of drug-likeness (QED) is 0.176. The number of carbonyl (C=O) groups excluding carboxylic acids is 3. The molecule has 0 fully saturated rings. The first-order valence-electron chi connectivity index (χ1n) is 10.8. The highest BCUT2D eigenvalue weighted by Gasteiger charge is 2.23. The SMILES string of the molecule is COc1ccc(CCNC(=O)CC(NC(=O)CCNC(=O)c2ccc(C(=N)N)cc2)C(=O)O)cc1. The summed E-state index contributed by atoms with van der Waals surface area (Å²) in [6.45, 7) is 0.282. The number of nitrogen functional groups attached to an aromatic ring is 1. The Bertz CT molecular complexity index is 1050. The summed E-state index contributed by atoms with van der Waals surface area (Å²) in [7, 11) is 1.57. The molecule has 35 heavy (non-hydrogen) atoms. The molecule has 2 rings (SSSR count). The maximum atomic E-state index is 12.1. The molecule has 0 spiro atoms. The number of hydrogen-bond acceptors (Lipinski definition) is 6. The zero-order valence-electron chi connectivity index (χ0n) is 19.3. The Morgan fingerprint density at radius 2 is 1.57 bits per heavy atom. The fourth-order valence-electron chi connectivity index (χ4n) is 3.06. The van der Waals surface area contributed by atoms with Crippen molar-refractivity contribution in [3.63, 3.8) is 0 Å². The van der Waals surface area contributed by atoms with Crippen molar-refractivity contribution in [2.75, 3.05) is 20.2 Å². The molecule has 0 aliphatic heterocycles. The van der Waals surface area contributed by atoms with E-state index in [0.29, 0.717) is 24.1 Å². The Morgan fingerprint density at radius 1 is 0.943 bits per heavy atom. The maximum Gasteiger partial charge on any atom is 0.326 e. The van der Waals surface area contributed by atoms with Crippen LogP contribution >= 0.6 is 0 Å². The minimum absolute atomic E-state index is 0.0283. The highest BCUT2D eigenvalue weighted by Crippen LogP contribution is 2.11. The Labute approximate surface area is 202 Å². The number of benzene rings is 2. The first kappa shape index (κ1) is 26.8. The minimum atomic E-state index is -1.39. The van der Waals surface area contributed by atoms with E-state index in [9.17, 15) is 24.3 Å². The molecule has 0 saturated heterocycles. The Kier molecular flexibility index (Phi) is 10.2.